The first kappa shape index (κ1) is 18.0. The van der Waals surface area contributed by atoms with Gasteiger partial charge in [-0.25, -0.2) is 0 Å². The van der Waals surface area contributed by atoms with Gasteiger partial charge in [0.2, 0.25) is 5.91 Å². The summed E-state index contributed by atoms with van der Waals surface area (Å²) in [6, 6.07) is 4.89. The number of hydrogen-bond acceptors (Lipinski definition) is 5. The maximum absolute atomic E-state index is 12.8. The van der Waals surface area contributed by atoms with Crippen molar-refractivity contribution in [3.8, 4) is 17.0 Å². The van der Waals surface area contributed by atoms with E-state index < -0.39 is 17.5 Å². The number of benzene rings is 1. The van der Waals surface area contributed by atoms with Gasteiger partial charge in [-0.3, -0.25) is 4.79 Å². The Morgan fingerprint density at radius 3 is 2.58 bits per heavy atom. The van der Waals surface area contributed by atoms with Gasteiger partial charge in [-0.15, -0.1) is 10.2 Å². The van der Waals surface area contributed by atoms with Crippen LogP contribution in [-0.4, -0.2) is 33.8 Å². The molecule has 1 aliphatic heterocycles. The van der Waals surface area contributed by atoms with Gasteiger partial charge in [0.05, 0.1) is 11.3 Å². The zero-order valence-electron chi connectivity index (χ0n) is 13.9. The quantitative estimate of drug-likeness (QED) is 0.778. The van der Waals surface area contributed by atoms with E-state index in [2.05, 4.69) is 20.8 Å². The molecule has 3 N–H and O–H groups in total. The van der Waals surface area contributed by atoms with Crippen LogP contribution >= 0.6 is 0 Å². The molecule has 9 heteroatoms. The van der Waals surface area contributed by atoms with Crippen LogP contribution in [0, 0.1) is 6.92 Å². The van der Waals surface area contributed by atoms with Gasteiger partial charge in [-0.1, -0.05) is 0 Å². The van der Waals surface area contributed by atoms with Crippen LogP contribution in [0.1, 0.15) is 24.0 Å². The Hall–Kier alpha value is -2.84. The van der Waals surface area contributed by atoms with E-state index in [1.807, 2.05) is 0 Å². The first-order valence-electron chi connectivity index (χ1n) is 8.02. The maximum atomic E-state index is 12.8. The van der Waals surface area contributed by atoms with Gasteiger partial charge in [0, 0.05) is 24.6 Å². The summed E-state index contributed by atoms with van der Waals surface area (Å²) in [5, 5.41) is 23.9. The molecule has 1 fully saturated rings. The van der Waals surface area contributed by atoms with Crippen LogP contribution in [0.15, 0.2) is 24.3 Å². The van der Waals surface area contributed by atoms with E-state index in [9.17, 15) is 23.1 Å². The van der Waals surface area contributed by atoms with Crippen LogP contribution in [0.3, 0.4) is 0 Å². The number of phenols is 1. The number of carbonyl (C=O) groups excluding carboxylic acids is 1. The fraction of sp³-hybridized carbons (Fsp3) is 0.353. The summed E-state index contributed by atoms with van der Waals surface area (Å²) in [6.07, 6.45) is -3.43. The van der Waals surface area contributed by atoms with Gasteiger partial charge in [-0.2, -0.15) is 13.2 Å². The molecule has 0 spiro atoms. The number of nitrogens with zero attached hydrogens (tertiary/aromatic N) is 2. The molecule has 1 aromatic heterocycles. The molecule has 1 saturated heterocycles. The van der Waals surface area contributed by atoms with Crippen molar-refractivity contribution >= 4 is 11.7 Å². The number of aromatic hydroxyl groups is 1. The molecular weight excluding hydrogens is 349 g/mol. The minimum atomic E-state index is -4.53. The second-order valence-corrected chi connectivity index (χ2v) is 6.17. The summed E-state index contributed by atoms with van der Waals surface area (Å²) in [5.74, 6) is -0.000910. The number of anilines is 1. The number of hydrogen-bond donors (Lipinski definition) is 3. The van der Waals surface area contributed by atoms with Crippen LogP contribution in [-0.2, 0) is 11.0 Å². The largest absolute Gasteiger partial charge is 0.507 e. The predicted octanol–water partition coefficient (Wildman–Crippen LogP) is 2.87. The number of piperidine rings is 1. The summed E-state index contributed by atoms with van der Waals surface area (Å²) in [6.45, 7) is 1.96. The molecule has 1 atom stereocenters. The number of halogens is 3. The number of carbonyl (C=O) groups is 1. The van der Waals surface area contributed by atoms with Crippen LogP contribution in [0.2, 0.25) is 0 Å². The van der Waals surface area contributed by atoms with E-state index in [0.717, 1.165) is 6.07 Å². The fourth-order valence-electron chi connectivity index (χ4n) is 2.87. The number of aromatic nitrogens is 2. The molecule has 6 nitrogen and oxygen atoms in total. The topological polar surface area (TPSA) is 87.1 Å². The van der Waals surface area contributed by atoms with Gasteiger partial charge in [0.15, 0.2) is 0 Å². The number of amides is 1. The third kappa shape index (κ3) is 3.87. The molecule has 138 valence electrons. The monoisotopic (exact) mass is 366 g/mol. The number of nitrogens with one attached hydrogen (secondary N) is 2. The Kier molecular flexibility index (Phi) is 4.71. The molecule has 2 heterocycles. The van der Waals surface area contributed by atoms with Gasteiger partial charge in [-0.05, 0) is 43.2 Å². The summed E-state index contributed by atoms with van der Waals surface area (Å²) in [4.78, 5) is 11.2. The molecule has 0 radical (unpaired) electrons. The zero-order chi connectivity index (χ0) is 18.9. The van der Waals surface area contributed by atoms with Gasteiger partial charge in [0.1, 0.15) is 11.6 Å². The Bertz CT molecular complexity index is 789. The molecule has 26 heavy (non-hydrogen) atoms. The number of aryl methyl sites for hydroxylation is 1. The summed E-state index contributed by atoms with van der Waals surface area (Å²) in [7, 11) is 0. The lowest BCUT2D eigenvalue weighted by atomic mass is 10.0. The molecule has 0 bridgehead atoms. The molecular formula is C17H17F3N4O2. The molecule has 2 aromatic rings. The predicted molar refractivity (Wildman–Crippen MR) is 88.5 cm³/mol. The lowest BCUT2D eigenvalue weighted by molar-refractivity contribution is -0.137. The Morgan fingerprint density at radius 2 is 2.04 bits per heavy atom. The van der Waals surface area contributed by atoms with E-state index in [1.165, 1.54) is 6.92 Å². The van der Waals surface area contributed by atoms with Crippen LogP contribution in [0.25, 0.3) is 11.3 Å². The SMILES string of the molecule is Cc1cc(C(F)(F)F)cc(O)c1-c1ccc(N[C@@H]2CCC(=O)NC2)nn1. The molecule has 3 rings (SSSR count). The normalized spacial score (nSPS) is 17.7. The standard InChI is InChI=1S/C17H17F3N4O2/c1-9-6-10(17(18,19)20)7-13(25)16(9)12-3-4-14(24-23-12)22-11-2-5-15(26)21-8-11/h3-4,6-7,11,25H,2,5,8H2,1H3,(H,21,26)(H,22,24)/t11-/m1/s1. The third-order valence-corrected chi connectivity index (χ3v) is 4.18. The minimum Gasteiger partial charge on any atom is -0.507 e. The van der Waals surface area contributed by atoms with Crippen molar-refractivity contribution in [3.05, 3.63) is 35.4 Å². The van der Waals surface area contributed by atoms with Crippen molar-refractivity contribution < 1.29 is 23.1 Å². The zero-order valence-corrected chi connectivity index (χ0v) is 13.9. The molecule has 0 saturated carbocycles. The summed E-state index contributed by atoms with van der Waals surface area (Å²) < 4.78 is 38.4. The van der Waals surface area contributed by atoms with E-state index in [1.54, 1.807) is 12.1 Å². The molecule has 1 aromatic carbocycles. The van der Waals surface area contributed by atoms with Gasteiger partial charge < -0.3 is 15.7 Å². The van der Waals surface area contributed by atoms with E-state index >= 15 is 0 Å². The lowest BCUT2D eigenvalue weighted by Crippen LogP contribution is -2.42. The Labute approximate surface area is 147 Å². The van der Waals surface area contributed by atoms with Gasteiger partial charge >= 0.3 is 6.18 Å². The van der Waals surface area contributed by atoms with Crippen LogP contribution in [0.4, 0.5) is 19.0 Å². The van der Waals surface area contributed by atoms with Crippen molar-refractivity contribution in [2.75, 3.05) is 11.9 Å². The average molecular weight is 366 g/mol. The number of phenolic OH excluding ortho intramolecular Hbond substituents is 1. The number of alkyl halides is 3. The highest BCUT2D eigenvalue weighted by atomic mass is 19.4. The lowest BCUT2D eigenvalue weighted by Gasteiger charge is -2.23. The van der Waals surface area contributed by atoms with Crippen LogP contribution < -0.4 is 10.6 Å². The highest BCUT2D eigenvalue weighted by Crippen LogP contribution is 2.38. The second kappa shape index (κ2) is 6.81. The highest BCUT2D eigenvalue weighted by Gasteiger charge is 2.32. The molecule has 1 amide bonds. The first-order chi connectivity index (χ1) is 12.2. The third-order valence-electron chi connectivity index (χ3n) is 4.18. The van der Waals surface area contributed by atoms with E-state index in [0.29, 0.717) is 31.3 Å². The van der Waals surface area contributed by atoms with Crippen molar-refractivity contribution in [1.29, 1.82) is 0 Å². The summed E-state index contributed by atoms with van der Waals surface area (Å²) >= 11 is 0. The van der Waals surface area contributed by atoms with E-state index in [4.69, 9.17) is 0 Å². The van der Waals surface area contributed by atoms with Crippen molar-refractivity contribution in [3.63, 3.8) is 0 Å². The molecule has 0 unspecified atom stereocenters. The number of rotatable bonds is 3. The van der Waals surface area contributed by atoms with E-state index in [-0.39, 0.29) is 28.8 Å². The summed E-state index contributed by atoms with van der Waals surface area (Å²) in [5.41, 5.74) is -0.178. The van der Waals surface area contributed by atoms with Gasteiger partial charge in [0.25, 0.3) is 0 Å². The molecule has 1 aliphatic rings. The Morgan fingerprint density at radius 1 is 1.27 bits per heavy atom. The average Bonchev–Trinajstić information content (AvgIpc) is 2.57. The van der Waals surface area contributed by atoms with Crippen LogP contribution in [0.5, 0.6) is 5.75 Å². The fourth-order valence-corrected chi connectivity index (χ4v) is 2.87. The minimum absolute atomic E-state index is 0.0118. The van der Waals surface area contributed by atoms with Crippen molar-refractivity contribution in [2.24, 2.45) is 0 Å². The maximum Gasteiger partial charge on any atom is 0.416 e. The van der Waals surface area contributed by atoms with Crippen molar-refractivity contribution in [2.45, 2.75) is 32.0 Å². The van der Waals surface area contributed by atoms with Crippen molar-refractivity contribution in [1.82, 2.24) is 15.5 Å². The Balaban J connectivity index is 1.79. The first-order valence-corrected chi connectivity index (χ1v) is 8.02. The highest BCUT2D eigenvalue weighted by molar-refractivity contribution is 5.77. The smallest absolute Gasteiger partial charge is 0.416 e. The second-order valence-electron chi connectivity index (χ2n) is 6.17. The molecule has 0 aliphatic carbocycles.